The van der Waals surface area contributed by atoms with Crippen molar-refractivity contribution in [1.82, 2.24) is 19.6 Å². The number of nitrogens with zero attached hydrogens (tertiary/aromatic N) is 4. The van der Waals surface area contributed by atoms with E-state index in [1.54, 1.807) is 10.6 Å². The Labute approximate surface area is 88.3 Å². The highest BCUT2D eigenvalue weighted by atomic mass is 15.3. The number of nitrogens with two attached hydrogens (primary N) is 1. The van der Waals surface area contributed by atoms with E-state index in [-0.39, 0.29) is 0 Å². The highest BCUT2D eigenvalue weighted by Crippen LogP contribution is 2.09. The molecule has 5 heteroatoms. The summed E-state index contributed by atoms with van der Waals surface area (Å²) in [5.41, 5.74) is 6.69. The maximum atomic E-state index is 5.82. The van der Waals surface area contributed by atoms with Crippen LogP contribution in [-0.2, 0) is 6.42 Å². The summed E-state index contributed by atoms with van der Waals surface area (Å²) in [6, 6.07) is 1.79. The lowest BCUT2D eigenvalue weighted by Crippen LogP contribution is -2.01. The Kier molecular flexibility index (Phi) is 2.30. The van der Waals surface area contributed by atoms with E-state index in [1.807, 2.05) is 6.92 Å². The van der Waals surface area contributed by atoms with E-state index in [1.165, 1.54) is 0 Å². The average molecular weight is 205 g/mol. The third kappa shape index (κ3) is 1.91. The molecule has 2 rings (SSSR count). The molecule has 0 radical (unpaired) electrons. The molecule has 2 heterocycles. The molecule has 2 N–H and O–H groups in total. The summed E-state index contributed by atoms with van der Waals surface area (Å²) in [4.78, 5) is 8.61. The molecule has 0 bridgehead atoms. The molecule has 5 nitrogen and oxygen atoms in total. The van der Waals surface area contributed by atoms with Gasteiger partial charge in [-0.1, -0.05) is 13.8 Å². The standard InChI is InChI=1S/C10H15N5/c1-6(2)4-9-13-10-12-7(3)5-8(11)15(10)14-9/h5-6H,4,11H2,1-3H3. The SMILES string of the molecule is Cc1cc(N)n2nc(CC(C)C)nc2n1. The number of hydrogen-bond acceptors (Lipinski definition) is 4. The van der Waals surface area contributed by atoms with E-state index in [4.69, 9.17) is 5.73 Å². The Morgan fingerprint density at radius 3 is 2.80 bits per heavy atom. The van der Waals surface area contributed by atoms with Crippen molar-refractivity contribution in [1.29, 1.82) is 0 Å². The number of nitrogen functional groups attached to an aromatic ring is 1. The molecule has 0 fully saturated rings. The number of anilines is 1. The minimum Gasteiger partial charge on any atom is -0.383 e. The Morgan fingerprint density at radius 1 is 1.40 bits per heavy atom. The van der Waals surface area contributed by atoms with E-state index in [9.17, 15) is 0 Å². The van der Waals surface area contributed by atoms with Gasteiger partial charge in [0, 0.05) is 18.2 Å². The van der Waals surface area contributed by atoms with E-state index < -0.39 is 0 Å². The van der Waals surface area contributed by atoms with Crippen molar-refractivity contribution in [3.8, 4) is 0 Å². The third-order valence-electron chi connectivity index (χ3n) is 2.10. The van der Waals surface area contributed by atoms with Gasteiger partial charge in [0.25, 0.3) is 5.78 Å². The van der Waals surface area contributed by atoms with Crippen LogP contribution in [0.4, 0.5) is 5.82 Å². The monoisotopic (exact) mass is 205 g/mol. The molecule has 2 aromatic rings. The fourth-order valence-corrected chi connectivity index (χ4v) is 1.51. The summed E-state index contributed by atoms with van der Waals surface area (Å²) in [7, 11) is 0. The summed E-state index contributed by atoms with van der Waals surface area (Å²) in [5, 5.41) is 4.31. The molecule has 2 aromatic heterocycles. The van der Waals surface area contributed by atoms with Gasteiger partial charge in [0.1, 0.15) is 5.82 Å². The fraction of sp³-hybridized carbons (Fsp3) is 0.500. The summed E-state index contributed by atoms with van der Waals surface area (Å²) < 4.78 is 1.59. The predicted octanol–water partition coefficient (Wildman–Crippen LogP) is 1.21. The first-order chi connectivity index (χ1) is 7.06. The molecule has 0 aliphatic rings. The lowest BCUT2D eigenvalue weighted by Gasteiger charge is -1.98. The summed E-state index contributed by atoms with van der Waals surface area (Å²) in [6.45, 7) is 6.16. The number of aryl methyl sites for hydroxylation is 1. The topological polar surface area (TPSA) is 69.1 Å². The molecule has 0 aliphatic carbocycles. The van der Waals surface area contributed by atoms with Gasteiger partial charge in [0.2, 0.25) is 0 Å². The van der Waals surface area contributed by atoms with Crippen LogP contribution in [0, 0.1) is 12.8 Å². The van der Waals surface area contributed by atoms with Gasteiger partial charge in [-0.05, 0) is 12.8 Å². The van der Waals surface area contributed by atoms with E-state index in [0.29, 0.717) is 17.5 Å². The van der Waals surface area contributed by atoms with E-state index >= 15 is 0 Å². The van der Waals surface area contributed by atoms with Crippen molar-refractivity contribution >= 4 is 11.6 Å². The second-order valence-corrected chi connectivity index (χ2v) is 4.16. The van der Waals surface area contributed by atoms with Crippen molar-refractivity contribution in [2.45, 2.75) is 27.2 Å². The minimum atomic E-state index is 0.532. The first kappa shape index (κ1) is 9.89. The Balaban J connectivity index is 2.50. The zero-order valence-corrected chi connectivity index (χ0v) is 9.23. The van der Waals surface area contributed by atoms with Gasteiger partial charge in [0.05, 0.1) is 0 Å². The molecule has 0 atom stereocenters. The zero-order chi connectivity index (χ0) is 11.0. The maximum Gasteiger partial charge on any atom is 0.254 e. The van der Waals surface area contributed by atoms with E-state index in [2.05, 4.69) is 28.9 Å². The van der Waals surface area contributed by atoms with Gasteiger partial charge in [-0.15, -0.1) is 5.10 Å². The smallest absolute Gasteiger partial charge is 0.254 e. The number of hydrogen-bond donors (Lipinski definition) is 1. The fourth-order valence-electron chi connectivity index (χ4n) is 1.51. The molecule has 0 saturated carbocycles. The van der Waals surface area contributed by atoms with Gasteiger partial charge in [-0.25, -0.2) is 4.98 Å². The summed E-state index contributed by atoms with van der Waals surface area (Å²) in [5.74, 6) is 2.50. The molecule has 0 aromatic carbocycles. The Hall–Kier alpha value is -1.65. The van der Waals surface area contributed by atoms with E-state index in [0.717, 1.165) is 17.9 Å². The van der Waals surface area contributed by atoms with Crippen LogP contribution in [0.3, 0.4) is 0 Å². The Bertz CT molecular complexity index is 486. The van der Waals surface area contributed by atoms with Crippen LogP contribution in [0.5, 0.6) is 0 Å². The first-order valence-corrected chi connectivity index (χ1v) is 5.05. The quantitative estimate of drug-likeness (QED) is 0.800. The molecule has 15 heavy (non-hydrogen) atoms. The second kappa shape index (κ2) is 3.49. The first-order valence-electron chi connectivity index (χ1n) is 5.05. The van der Waals surface area contributed by atoms with Crippen LogP contribution < -0.4 is 5.73 Å². The molecule has 0 spiro atoms. The van der Waals surface area contributed by atoms with Crippen molar-refractivity contribution in [2.24, 2.45) is 5.92 Å². The van der Waals surface area contributed by atoms with Gasteiger partial charge in [-0.2, -0.15) is 9.50 Å². The van der Waals surface area contributed by atoms with Crippen molar-refractivity contribution in [2.75, 3.05) is 5.73 Å². The van der Waals surface area contributed by atoms with Crippen molar-refractivity contribution < 1.29 is 0 Å². The normalized spacial score (nSPS) is 11.5. The minimum absolute atomic E-state index is 0.532. The molecular formula is C10H15N5. The van der Waals surface area contributed by atoms with Crippen molar-refractivity contribution in [3.05, 3.63) is 17.6 Å². The number of aromatic nitrogens is 4. The zero-order valence-electron chi connectivity index (χ0n) is 9.23. The molecule has 0 aliphatic heterocycles. The molecule has 0 saturated heterocycles. The molecule has 0 unspecified atom stereocenters. The van der Waals surface area contributed by atoms with Crippen molar-refractivity contribution in [3.63, 3.8) is 0 Å². The summed E-state index contributed by atoms with van der Waals surface area (Å²) in [6.07, 6.45) is 0.849. The van der Waals surface area contributed by atoms with Crippen LogP contribution in [0.2, 0.25) is 0 Å². The average Bonchev–Trinajstić information content (AvgIpc) is 2.45. The predicted molar refractivity (Wildman–Crippen MR) is 58.5 cm³/mol. The van der Waals surface area contributed by atoms with Crippen LogP contribution in [0.15, 0.2) is 6.07 Å². The highest BCUT2D eigenvalue weighted by molar-refractivity contribution is 5.41. The number of rotatable bonds is 2. The largest absolute Gasteiger partial charge is 0.383 e. The van der Waals surface area contributed by atoms with Gasteiger partial charge in [0.15, 0.2) is 5.82 Å². The van der Waals surface area contributed by atoms with Gasteiger partial charge >= 0.3 is 0 Å². The second-order valence-electron chi connectivity index (χ2n) is 4.16. The lowest BCUT2D eigenvalue weighted by molar-refractivity contribution is 0.620. The van der Waals surface area contributed by atoms with Gasteiger partial charge in [-0.3, -0.25) is 0 Å². The van der Waals surface area contributed by atoms with Crippen LogP contribution in [0.1, 0.15) is 25.4 Å². The lowest BCUT2D eigenvalue weighted by atomic mass is 10.1. The maximum absolute atomic E-state index is 5.82. The third-order valence-corrected chi connectivity index (χ3v) is 2.10. The summed E-state index contributed by atoms with van der Waals surface area (Å²) >= 11 is 0. The molecular weight excluding hydrogens is 190 g/mol. The van der Waals surface area contributed by atoms with Crippen LogP contribution in [0.25, 0.3) is 5.78 Å². The number of fused-ring (bicyclic) bond motifs is 1. The Morgan fingerprint density at radius 2 is 2.13 bits per heavy atom. The van der Waals surface area contributed by atoms with Crippen LogP contribution >= 0.6 is 0 Å². The van der Waals surface area contributed by atoms with Gasteiger partial charge < -0.3 is 5.73 Å². The molecule has 0 amide bonds. The van der Waals surface area contributed by atoms with Crippen LogP contribution in [-0.4, -0.2) is 19.6 Å². The highest BCUT2D eigenvalue weighted by Gasteiger charge is 2.08. The molecule has 80 valence electrons.